The molecule has 0 saturated heterocycles. The lowest BCUT2D eigenvalue weighted by Gasteiger charge is -2.19. The number of rotatable bonds is 13. The van der Waals surface area contributed by atoms with E-state index in [0.29, 0.717) is 23.7 Å². The molecule has 1 amide bonds. The normalized spacial score (nSPS) is 11.6. The molecule has 0 saturated carbocycles. The number of nitrogens with one attached hydrogen (secondary N) is 1. The van der Waals surface area contributed by atoms with E-state index < -0.39 is 0 Å². The SMILES string of the molecule is CC(C)(C)c1ccc(OCCCCn2c(CCCCCNC(=O)c3ccc(Cl)cc3)nc3ccccc32)cc1. The Morgan fingerprint density at radius 1 is 0.897 bits per heavy atom. The van der Waals surface area contributed by atoms with Gasteiger partial charge in [0.05, 0.1) is 17.6 Å². The molecule has 6 heteroatoms. The molecule has 0 aliphatic rings. The Morgan fingerprint density at radius 3 is 2.38 bits per heavy atom. The molecule has 206 valence electrons. The largest absolute Gasteiger partial charge is 0.494 e. The minimum Gasteiger partial charge on any atom is -0.494 e. The van der Waals surface area contributed by atoms with Gasteiger partial charge in [0.15, 0.2) is 0 Å². The zero-order chi connectivity index (χ0) is 27.7. The van der Waals surface area contributed by atoms with Crippen molar-refractivity contribution in [1.29, 1.82) is 0 Å². The van der Waals surface area contributed by atoms with E-state index >= 15 is 0 Å². The van der Waals surface area contributed by atoms with Crippen LogP contribution < -0.4 is 10.1 Å². The van der Waals surface area contributed by atoms with Crippen LogP contribution >= 0.6 is 11.6 Å². The third-order valence-corrected chi connectivity index (χ3v) is 7.22. The summed E-state index contributed by atoms with van der Waals surface area (Å²) in [4.78, 5) is 17.2. The standard InChI is InChI=1S/C33H40ClN3O2/c1-33(2,3)26-16-20-28(21-17-26)39-24-10-9-23-37-30-12-7-6-11-29(30)36-31(37)13-5-4-8-22-35-32(38)25-14-18-27(34)19-15-25/h6-7,11-12,14-21H,4-5,8-10,13,22-24H2,1-3H3,(H,35,38). The highest BCUT2D eigenvalue weighted by Crippen LogP contribution is 2.24. The Bertz CT molecular complexity index is 1340. The Balaban J connectivity index is 1.21. The molecular formula is C33H40ClN3O2. The first kappa shape index (κ1) is 28.7. The number of para-hydroxylation sites is 2. The second kappa shape index (κ2) is 13.7. The van der Waals surface area contributed by atoms with Gasteiger partial charge in [0.1, 0.15) is 11.6 Å². The molecule has 0 radical (unpaired) electrons. The molecule has 0 fully saturated rings. The topological polar surface area (TPSA) is 56.1 Å². The molecule has 0 aliphatic carbocycles. The minimum atomic E-state index is -0.0561. The van der Waals surface area contributed by atoms with Gasteiger partial charge < -0.3 is 14.6 Å². The first-order chi connectivity index (χ1) is 18.8. The molecule has 0 atom stereocenters. The molecule has 0 unspecified atom stereocenters. The smallest absolute Gasteiger partial charge is 0.251 e. The van der Waals surface area contributed by atoms with Crippen molar-refractivity contribution in [2.45, 2.75) is 71.3 Å². The number of amides is 1. The van der Waals surface area contributed by atoms with Crippen LogP contribution in [0, 0.1) is 0 Å². The molecular weight excluding hydrogens is 506 g/mol. The summed E-state index contributed by atoms with van der Waals surface area (Å²) >= 11 is 5.90. The summed E-state index contributed by atoms with van der Waals surface area (Å²) in [6, 6.07) is 23.8. The molecule has 4 aromatic rings. The van der Waals surface area contributed by atoms with E-state index in [1.165, 1.54) is 11.1 Å². The van der Waals surface area contributed by atoms with Crippen LogP contribution in [0.3, 0.4) is 0 Å². The second-order valence-corrected chi connectivity index (χ2v) is 11.5. The highest BCUT2D eigenvalue weighted by molar-refractivity contribution is 6.30. The number of aromatic nitrogens is 2. The van der Waals surface area contributed by atoms with Crippen molar-refractivity contribution in [3.05, 3.63) is 94.8 Å². The number of nitrogens with zero attached hydrogens (tertiary/aromatic N) is 2. The van der Waals surface area contributed by atoms with Crippen molar-refractivity contribution in [1.82, 2.24) is 14.9 Å². The molecule has 3 aromatic carbocycles. The molecule has 0 bridgehead atoms. The Kier molecular flexibility index (Phi) is 10.0. The molecule has 5 nitrogen and oxygen atoms in total. The van der Waals surface area contributed by atoms with E-state index in [1.54, 1.807) is 24.3 Å². The van der Waals surface area contributed by atoms with Gasteiger partial charge in [0.25, 0.3) is 5.91 Å². The van der Waals surface area contributed by atoms with Crippen LogP contribution in [0.2, 0.25) is 5.02 Å². The monoisotopic (exact) mass is 545 g/mol. The van der Waals surface area contributed by atoms with Gasteiger partial charge in [-0.3, -0.25) is 4.79 Å². The summed E-state index contributed by atoms with van der Waals surface area (Å²) < 4.78 is 8.37. The average molecular weight is 546 g/mol. The number of carbonyl (C=O) groups is 1. The molecule has 39 heavy (non-hydrogen) atoms. The molecule has 0 spiro atoms. The lowest BCUT2D eigenvalue weighted by atomic mass is 9.87. The zero-order valence-corrected chi connectivity index (χ0v) is 24.1. The first-order valence-electron chi connectivity index (χ1n) is 14.0. The highest BCUT2D eigenvalue weighted by atomic mass is 35.5. The maximum atomic E-state index is 12.3. The van der Waals surface area contributed by atoms with Gasteiger partial charge in [-0.1, -0.05) is 63.1 Å². The van der Waals surface area contributed by atoms with Crippen molar-refractivity contribution < 1.29 is 9.53 Å². The van der Waals surface area contributed by atoms with Crippen LogP contribution in [0.25, 0.3) is 11.0 Å². The number of carbonyl (C=O) groups excluding carboxylic acids is 1. The summed E-state index contributed by atoms with van der Waals surface area (Å²) in [7, 11) is 0. The van der Waals surface area contributed by atoms with Gasteiger partial charge in [0, 0.05) is 30.1 Å². The number of hydrogen-bond donors (Lipinski definition) is 1. The highest BCUT2D eigenvalue weighted by Gasteiger charge is 2.13. The summed E-state index contributed by atoms with van der Waals surface area (Å²) in [6.45, 7) is 8.97. The van der Waals surface area contributed by atoms with E-state index in [2.05, 4.69) is 73.1 Å². The lowest BCUT2D eigenvalue weighted by molar-refractivity contribution is 0.0953. The predicted molar refractivity (Wildman–Crippen MR) is 161 cm³/mol. The van der Waals surface area contributed by atoms with Gasteiger partial charge in [-0.15, -0.1) is 0 Å². The predicted octanol–water partition coefficient (Wildman–Crippen LogP) is 7.99. The summed E-state index contributed by atoms with van der Waals surface area (Å²) in [5, 5.41) is 3.63. The van der Waals surface area contributed by atoms with E-state index in [0.717, 1.165) is 62.2 Å². The zero-order valence-electron chi connectivity index (χ0n) is 23.4. The number of imidazole rings is 1. The van der Waals surface area contributed by atoms with Crippen LogP contribution in [0.15, 0.2) is 72.8 Å². The number of unbranched alkanes of at least 4 members (excludes halogenated alkanes) is 3. The van der Waals surface area contributed by atoms with Crippen molar-refractivity contribution >= 4 is 28.5 Å². The fourth-order valence-corrected chi connectivity index (χ4v) is 4.80. The van der Waals surface area contributed by atoms with Crippen molar-refractivity contribution in [2.24, 2.45) is 0 Å². The third-order valence-electron chi connectivity index (χ3n) is 6.97. The van der Waals surface area contributed by atoms with Gasteiger partial charge in [-0.2, -0.15) is 0 Å². The Hall–Kier alpha value is -3.31. The van der Waals surface area contributed by atoms with Crippen LogP contribution in [-0.2, 0) is 18.4 Å². The van der Waals surface area contributed by atoms with Crippen LogP contribution in [-0.4, -0.2) is 28.6 Å². The van der Waals surface area contributed by atoms with Crippen molar-refractivity contribution in [2.75, 3.05) is 13.2 Å². The summed E-state index contributed by atoms with van der Waals surface area (Å²) in [6.07, 6.45) is 5.95. The molecule has 4 rings (SSSR count). The van der Waals surface area contributed by atoms with Crippen LogP contribution in [0.1, 0.15) is 74.6 Å². The van der Waals surface area contributed by atoms with E-state index in [-0.39, 0.29) is 11.3 Å². The van der Waals surface area contributed by atoms with Crippen molar-refractivity contribution in [3.8, 4) is 5.75 Å². The van der Waals surface area contributed by atoms with E-state index in [9.17, 15) is 4.79 Å². The quantitative estimate of drug-likeness (QED) is 0.173. The number of ether oxygens (including phenoxy) is 1. The second-order valence-electron chi connectivity index (χ2n) is 11.1. The van der Waals surface area contributed by atoms with Crippen LogP contribution in [0.4, 0.5) is 0 Å². The number of fused-ring (bicyclic) bond motifs is 1. The summed E-state index contributed by atoms with van der Waals surface area (Å²) in [5.41, 5.74) is 4.35. The average Bonchev–Trinajstić information content (AvgIpc) is 3.27. The van der Waals surface area contributed by atoms with E-state index in [4.69, 9.17) is 21.3 Å². The number of benzene rings is 3. The Morgan fingerprint density at radius 2 is 1.64 bits per heavy atom. The van der Waals surface area contributed by atoms with Gasteiger partial charge in [-0.05, 0) is 85.2 Å². The maximum absolute atomic E-state index is 12.3. The van der Waals surface area contributed by atoms with Gasteiger partial charge >= 0.3 is 0 Å². The Labute approximate surface area is 237 Å². The molecule has 1 heterocycles. The maximum Gasteiger partial charge on any atom is 0.251 e. The fourth-order valence-electron chi connectivity index (χ4n) is 4.67. The van der Waals surface area contributed by atoms with Crippen LogP contribution in [0.5, 0.6) is 5.75 Å². The first-order valence-corrected chi connectivity index (χ1v) is 14.4. The van der Waals surface area contributed by atoms with Gasteiger partial charge in [0.2, 0.25) is 0 Å². The number of hydrogen-bond acceptors (Lipinski definition) is 3. The van der Waals surface area contributed by atoms with Crippen molar-refractivity contribution in [3.63, 3.8) is 0 Å². The number of halogens is 1. The third kappa shape index (κ3) is 8.34. The summed E-state index contributed by atoms with van der Waals surface area (Å²) in [5.74, 6) is 2.01. The minimum absolute atomic E-state index is 0.0561. The number of aryl methyl sites for hydroxylation is 2. The fraction of sp³-hybridized carbons (Fsp3) is 0.394. The van der Waals surface area contributed by atoms with E-state index in [1.807, 2.05) is 6.07 Å². The molecule has 0 aliphatic heterocycles. The van der Waals surface area contributed by atoms with Gasteiger partial charge in [-0.25, -0.2) is 4.98 Å². The molecule has 1 N–H and O–H groups in total. The lowest BCUT2D eigenvalue weighted by Crippen LogP contribution is -2.24. The molecule has 1 aromatic heterocycles.